The molecular formula is C14H24N4OS. The molecule has 112 valence electrons. The van der Waals surface area contributed by atoms with Gasteiger partial charge in [0, 0.05) is 44.1 Å². The number of likely N-dealkylation sites (tertiary alicyclic amines) is 1. The third-order valence-electron chi connectivity index (χ3n) is 3.61. The molecule has 2 rings (SSSR count). The number of nitrogens with zero attached hydrogens (tertiary/aromatic N) is 3. The number of aromatic nitrogens is 2. The van der Waals surface area contributed by atoms with Crippen LogP contribution in [-0.4, -0.2) is 50.8 Å². The van der Waals surface area contributed by atoms with Gasteiger partial charge in [0.05, 0.1) is 5.75 Å². The molecule has 1 amide bonds. The summed E-state index contributed by atoms with van der Waals surface area (Å²) in [6.07, 6.45) is 4.67. The molecule has 0 aromatic carbocycles. The van der Waals surface area contributed by atoms with Crippen molar-refractivity contribution in [2.45, 2.75) is 43.9 Å². The summed E-state index contributed by atoms with van der Waals surface area (Å²) in [5.41, 5.74) is 0.182. The van der Waals surface area contributed by atoms with Crippen molar-refractivity contribution >= 4 is 17.7 Å². The van der Waals surface area contributed by atoms with Gasteiger partial charge in [-0.2, -0.15) is 0 Å². The van der Waals surface area contributed by atoms with Crippen LogP contribution in [0.3, 0.4) is 0 Å². The zero-order chi connectivity index (χ0) is 14.8. The zero-order valence-electron chi connectivity index (χ0n) is 12.7. The summed E-state index contributed by atoms with van der Waals surface area (Å²) in [6, 6.07) is 0.281. The van der Waals surface area contributed by atoms with Crippen LogP contribution in [0.1, 0.15) is 27.2 Å². The molecular weight excluding hydrogens is 272 g/mol. The van der Waals surface area contributed by atoms with Gasteiger partial charge in [0.25, 0.3) is 0 Å². The number of imidazole rings is 1. The molecule has 1 aromatic heterocycles. The SMILES string of the molecule is Cn1ccnc1SCC(=O)N[C@H]1CCN(C(C)(C)C)C1. The Balaban J connectivity index is 1.74. The largest absolute Gasteiger partial charge is 0.351 e. The molecule has 1 saturated heterocycles. The second-order valence-corrected chi connectivity index (χ2v) is 7.22. The van der Waals surface area contributed by atoms with Crippen LogP contribution in [0.25, 0.3) is 0 Å². The first-order valence-electron chi connectivity index (χ1n) is 7.01. The van der Waals surface area contributed by atoms with E-state index >= 15 is 0 Å². The van der Waals surface area contributed by atoms with Crippen LogP contribution in [0.2, 0.25) is 0 Å². The molecule has 6 heteroatoms. The minimum absolute atomic E-state index is 0.0961. The Bertz CT molecular complexity index is 466. The molecule has 5 nitrogen and oxygen atoms in total. The highest BCUT2D eigenvalue weighted by atomic mass is 32.2. The van der Waals surface area contributed by atoms with Gasteiger partial charge in [0.2, 0.25) is 5.91 Å². The number of amides is 1. The lowest BCUT2D eigenvalue weighted by Gasteiger charge is -2.31. The van der Waals surface area contributed by atoms with Crippen molar-refractivity contribution < 1.29 is 4.79 Å². The quantitative estimate of drug-likeness (QED) is 0.856. The van der Waals surface area contributed by atoms with E-state index in [1.165, 1.54) is 11.8 Å². The average molecular weight is 296 g/mol. The topological polar surface area (TPSA) is 50.2 Å². The van der Waals surface area contributed by atoms with Crippen molar-refractivity contribution in [2.75, 3.05) is 18.8 Å². The summed E-state index contributed by atoms with van der Waals surface area (Å²) in [5.74, 6) is 0.524. The van der Waals surface area contributed by atoms with Crippen molar-refractivity contribution in [3.63, 3.8) is 0 Å². The Morgan fingerprint density at radius 2 is 2.30 bits per heavy atom. The van der Waals surface area contributed by atoms with Crippen LogP contribution < -0.4 is 5.32 Å². The van der Waals surface area contributed by atoms with Crippen LogP contribution in [0, 0.1) is 0 Å². The Labute approximate surface area is 125 Å². The highest BCUT2D eigenvalue weighted by molar-refractivity contribution is 7.99. The molecule has 2 heterocycles. The van der Waals surface area contributed by atoms with E-state index < -0.39 is 0 Å². The maximum atomic E-state index is 12.0. The van der Waals surface area contributed by atoms with Gasteiger partial charge in [-0.05, 0) is 27.2 Å². The van der Waals surface area contributed by atoms with Crippen LogP contribution in [0.5, 0.6) is 0 Å². The van der Waals surface area contributed by atoms with Crippen molar-refractivity contribution in [2.24, 2.45) is 7.05 Å². The van der Waals surface area contributed by atoms with Gasteiger partial charge in [0.15, 0.2) is 5.16 Å². The lowest BCUT2D eigenvalue weighted by Crippen LogP contribution is -2.43. The number of carbonyl (C=O) groups excluding carboxylic acids is 1. The number of aryl methyl sites for hydroxylation is 1. The third kappa shape index (κ3) is 3.99. The fourth-order valence-electron chi connectivity index (χ4n) is 2.38. The molecule has 0 unspecified atom stereocenters. The third-order valence-corrected chi connectivity index (χ3v) is 4.67. The summed E-state index contributed by atoms with van der Waals surface area (Å²) in [6.45, 7) is 8.65. The van der Waals surface area contributed by atoms with Gasteiger partial charge in [-0.3, -0.25) is 9.69 Å². The first-order valence-corrected chi connectivity index (χ1v) is 7.99. The summed E-state index contributed by atoms with van der Waals surface area (Å²) >= 11 is 1.48. The molecule has 1 fully saturated rings. The van der Waals surface area contributed by atoms with E-state index in [0.717, 1.165) is 24.7 Å². The molecule has 1 N–H and O–H groups in total. The van der Waals surface area contributed by atoms with Gasteiger partial charge in [-0.1, -0.05) is 11.8 Å². The summed E-state index contributed by atoms with van der Waals surface area (Å²) in [7, 11) is 1.94. The highest BCUT2D eigenvalue weighted by Crippen LogP contribution is 2.20. The maximum absolute atomic E-state index is 12.0. The second kappa shape index (κ2) is 6.18. The first kappa shape index (κ1) is 15.4. The zero-order valence-corrected chi connectivity index (χ0v) is 13.5. The highest BCUT2D eigenvalue weighted by Gasteiger charge is 2.30. The number of thioether (sulfide) groups is 1. The van der Waals surface area contributed by atoms with E-state index in [-0.39, 0.29) is 17.5 Å². The van der Waals surface area contributed by atoms with Crippen molar-refractivity contribution in [3.05, 3.63) is 12.4 Å². The summed E-state index contributed by atoms with van der Waals surface area (Å²) < 4.78 is 1.93. The lowest BCUT2D eigenvalue weighted by molar-refractivity contribution is -0.119. The van der Waals surface area contributed by atoms with Gasteiger partial charge >= 0.3 is 0 Å². The Kier molecular flexibility index (Phi) is 4.75. The van der Waals surface area contributed by atoms with Gasteiger partial charge < -0.3 is 9.88 Å². The molecule has 1 aromatic rings. The minimum atomic E-state index is 0.0961. The van der Waals surface area contributed by atoms with Crippen LogP contribution >= 0.6 is 11.8 Å². The van der Waals surface area contributed by atoms with E-state index in [2.05, 4.69) is 36.0 Å². The van der Waals surface area contributed by atoms with Gasteiger partial charge in [0.1, 0.15) is 0 Å². The molecule has 1 aliphatic rings. The predicted octanol–water partition coefficient (Wildman–Crippen LogP) is 1.50. The number of hydrogen-bond donors (Lipinski definition) is 1. The molecule has 20 heavy (non-hydrogen) atoms. The molecule has 1 aliphatic heterocycles. The summed E-state index contributed by atoms with van der Waals surface area (Å²) in [5, 5.41) is 4.00. The van der Waals surface area contributed by atoms with Gasteiger partial charge in [-0.25, -0.2) is 4.98 Å². The average Bonchev–Trinajstić information content (AvgIpc) is 2.95. The molecule has 0 spiro atoms. The number of hydrogen-bond acceptors (Lipinski definition) is 4. The fourth-order valence-corrected chi connectivity index (χ4v) is 3.12. The minimum Gasteiger partial charge on any atom is -0.351 e. The van der Waals surface area contributed by atoms with E-state index in [9.17, 15) is 4.79 Å². The van der Waals surface area contributed by atoms with E-state index in [1.54, 1.807) is 6.20 Å². The normalized spacial score (nSPS) is 20.3. The van der Waals surface area contributed by atoms with E-state index in [4.69, 9.17) is 0 Å². The Morgan fingerprint density at radius 3 is 2.85 bits per heavy atom. The lowest BCUT2D eigenvalue weighted by atomic mass is 10.1. The van der Waals surface area contributed by atoms with E-state index in [1.807, 2.05) is 17.8 Å². The summed E-state index contributed by atoms with van der Waals surface area (Å²) in [4.78, 5) is 18.6. The number of nitrogens with one attached hydrogen (secondary N) is 1. The van der Waals surface area contributed by atoms with Crippen LogP contribution in [0.4, 0.5) is 0 Å². The standard InChI is InChI=1S/C14H24N4OS/c1-14(2,3)18-7-5-11(9-18)16-12(19)10-20-13-15-6-8-17(13)4/h6,8,11H,5,7,9-10H2,1-4H3,(H,16,19)/t11-/m0/s1. The van der Waals surface area contributed by atoms with Gasteiger partial charge in [-0.15, -0.1) is 0 Å². The first-order chi connectivity index (χ1) is 9.36. The Hall–Kier alpha value is -1.01. The predicted molar refractivity (Wildman–Crippen MR) is 81.8 cm³/mol. The van der Waals surface area contributed by atoms with Crippen molar-refractivity contribution in [1.82, 2.24) is 19.8 Å². The number of rotatable bonds is 4. The molecule has 0 radical (unpaired) electrons. The van der Waals surface area contributed by atoms with Crippen molar-refractivity contribution in [1.29, 1.82) is 0 Å². The van der Waals surface area contributed by atoms with Crippen molar-refractivity contribution in [3.8, 4) is 0 Å². The molecule has 1 atom stereocenters. The van der Waals surface area contributed by atoms with Crippen LogP contribution in [0.15, 0.2) is 17.6 Å². The maximum Gasteiger partial charge on any atom is 0.230 e. The smallest absolute Gasteiger partial charge is 0.230 e. The molecule has 0 aliphatic carbocycles. The van der Waals surface area contributed by atoms with Crippen LogP contribution in [-0.2, 0) is 11.8 Å². The Morgan fingerprint density at radius 1 is 1.55 bits per heavy atom. The second-order valence-electron chi connectivity index (χ2n) is 6.28. The molecule has 0 bridgehead atoms. The monoisotopic (exact) mass is 296 g/mol. The molecule has 0 saturated carbocycles. The number of carbonyl (C=O) groups is 1. The van der Waals surface area contributed by atoms with E-state index in [0.29, 0.717) is 5.75 Å². The fraction of sp³-hybridized carbons (Fsp3) is 0.714.